The predicted molar refractivity (Wildman–Crippen MR) is 74.0 cm³/mol. The molecule has 2 aromatic rings. The van der Waals surface area contributed by atoms with Gasteiger partial charge in [0, 0.05) is 24.2 Å². The Balaban J connectivity index is 1.88. The second-order valence-corrected chi connectivity index (χ2v) is 5.68. The van der Waals surface area contributed by atoms with Crippen LogP contribution in [0.15, 0.2) is 23.7 Å². The van der Waals surface area contributed by atoms with Crippen molar-refractivity contribution in [2.45, 2.75) is 26.5 Å². The highest BCUT2D eigenvalue weighted by Crippen LogP contribution is 2.28. The van der Waals surface area contributed by atoms with Crippen LogP contribution in [0, 0.1) is 6.92 Å². The number of pyridine rings is 1. The summed E-state index contributed by atoms with van der Waals surface area (Å²) in [6.07, 6.45) is 2.88. The Hall–Kier alpha value is -1.39. The highest BCUT2D eigenvalue weighted by molar-refractivity contribution is 7.10. The molecular weight excluding hydrogens is 244 g/mol. The number of aromatic nitrogens is 1. The Morgan fingerprint density at radius 3 is 3.17 bits per heavy atom. The number of aliphatic hydroxyl groups excluding tert-OH is 1. The fourth-order valence-corrected chi connectivity index (χ4v) is 3.36. The van der Waals surface area contributed by atoms with Gasteiger partial charge < -0.3 is 10.0 Å². The van der Waals surface area contributed by atoms with Crippen LogP contribution < -0.4 is 4.90 Å². The largest absolute Gasteiger partial charge is 0.392 e. The molecule has 0 unspecified atom stereocenters. The first-order chi connectivity index (χ1) is 8.78. The van der Waals surface area contributed by atoms with Gasteiger partial charge in [0.15, 0.2) is 0 Å². The van der Waals surface area contributed by atoms with Crippen LogP contribution in [0.1, 0.15) is 21.6 Å². The highest BCUT2D eigenvalue weighted by atomic mass is 32.1. The lowest BCUT2D eigenvalue weighted by Gasteiger charge is -2.29. The van der Waals surface area contributed by atoms with Gasteiger partial charge in [0.25, 0.3) is 0 Å². The lowest BCUT2D eigenvalue weighted by molar-refractivity contribution is 0.281. The zero-order valence-electron chi connectivity index (χ0n) is 10.4. The third-order valence-electron chi connectivity index (χ3n) is 3.40. The Bertz CT molecular complexity index is 565. The van der Waals surface area contributed by atoms with E-state index < -0.39 is 0 Å². The molecule has 0 saturated carbocycles. The number of fused-ring (bicyclic) bond motifs is 1. The third kappa shape index (κ3) is 2.02. The van der Waals surface area contributed by atoms with Crippen LogP contribution in [0.2, 0.25) is 0 Å². The van der Waals surface area contributed by atoms with E-state index in [0.29, 0.717) is 0 Å². The molecule has 0 spiro atoms. The molecule has 18 heavy (non-hydrogen) atoms. The first kappa shape index (κ1) is 11.7. The van der Waals surface area contributed by atoms with Gasteiger partial charge >= 0.3 is 0 Å². The summed E-state index contributed by atoms with van der Waals surface area (Å²) in [6.45, 7) is 4.10. The topological polar surface area (TPSA) is 36.4 Å². The lowest BCUT2D eigenvalue weighted by Crippen LogP contribution is -2.30. The van der Waals surface area contributed by atoms with Gasteiger partial charge in [-0.25, -0.2) is 4.98 Å². The summed E-state index contributed by atoms with van der Waals surface area (Å²) in [5, 5.41) is 11.3. The van der Waals surface area contributed by atoms with E-state index in [1.807, 2.05) is 17.4 Å². The molecule has 0 atom stereocenters. The van der Waals surface area contributed by atoms with Crippen molar-refractivity contribution in [1.82, 2.24) is 4.98 Å². The van der Waals surface area contributed by atoms with Crippen molar-refractivity contribution in [2.75, 3.05) is 11.4 Å². The molecule has 1 aliphatic heterocycles. The van der Waals surface area contributed by atoms with Crippen molar-refractivity contribution < 1.29 is 5.11 Å². The quantitative estimate of drug-likeness (QED) is 0.901. The van der Waals surface area contributed by atoms with E-state index in [1.54, 1.807) is 6.20 Å². The number of hydrogen-bond donors (Lipinski definition) is 1. The lowest BCUT2D eigenvalue weighted by atomic mass is 10.1. The molecule has 0 bridgehead atoms. The van der Waals surface area contributed by atoms with Crippen LogP contribution in [0.25, 0.3) is 0 Å². The minimum absolute atomic E-state index is 0.0583. The SMILES string of the molecule is Cc1cc(CO)cnc1N1CCc2sccc2C1. The summed E-state index contributed by atoms with van der Waals surface area (Å²) in [5.74, 6) is 1.05. The standard InChI is InChI=1S/C14H16N2OS/c1-10-6-11(9-17)7-15-14(10)16-4-2-13-12(8-16)3-5-18-13/h3,5-7,17H,2,4,8-9H2,1H3. The molecule has 3 heterocycles. The molecule has 0 radical (unpaired) electrons. The fourth-order valence-electron chi connectivity index (χ4n) is 2.47. The number of rotatable bonds is 2. The molecule has 2 aromatic heterocycles. The number of thiophene rings is 1. The first-order valence-electron chi connectivity index (χ1n) is 6.14. The highest BCUT2D eigenvalue weighted by Gasteiger charge is 2.19. The smallest absolute Gasteiger partial charge is 0.131 e. The van der Waals surface area contributed by atoms with Crippen LogP contribution in [-0.4, -0.2) is 16.6 Å². The maximum atomic E-state index is 9.11. The summed E-state index contributed by atoms with van der Waals surface area (Å²) in [6, 6.07) is 4.23. The molecule has 0 aliphatic carbocycles. The van der Waals surface area contributed by atoms with E-state index in [9.17, 15) is 0 Å². The molecule has 3 rings (SSSR count). The molecule has 94 valence electrons. The molecule has 1 aliphatic rings. The normalized spacial score (nSPS) is 14.7. The van der Waals surface area contributed by atoms with Crippen molar-refractivity contribution in [1.29, 1.82) is 0 Å². The average Bonchev–Trinajstić information content (AvgIpc) is 2.85. The summed E-state index contributed by atoms with van der Waals surface area (Å²) >= 11 is 1.85. The Morgan fingerprint density at radius 1 is 1.50 bits per heavy atom. The van der Waals surface area contributed by atoms with Crippen molar-refractivity contribution in [3.05, 3.63) is 45.3 Å². The van der Waals surface area contributed by atoms with Gasteiger partial charge in [-0.15, -0.1) is 11.3 Å². The molecule has 1 N–H and O–H groups in total. The van der Waals surface area contributed by atoms with Crippen LogP contribution >= 0.6 is 11.3 Å². The zero-order chi connectivity index (χ0) is 12.5. The van der Waals surface area contributed by atoms with Crippen molar-refractivity contribution >= 4 is 17.2 Å². The summed E-state index contributed by atoms with van der Waals surface area (Å²) in [4.78, 5) is 8.33. The second kappa shape index (κ2) is 4.71. The number of aliphatic hydroxyl groups is 1. The summed E-state index contributed by atoms with van der Waals surface area (Å²) in [7, 11) is 0. The maximum Gasteiger partial charge on any atom is 0.131 e. The van der Waals surface area contributed by atoms with E-state index in [0.717, 1.165) is 36.5 Å². The fraction of sp³-hybridized carbons (Fsp3) is 0.357. The van der Waals surface area contributed by atoms with E-state index in [1.165, 1.54) is 10.4 Å². The van der Waals surface area contributed by atoms with Crippen LogP contribution in [0.4, 0.5) is 5.82 Å². The monoisotopic (exact) mass is 260 g/mol. The number of hydrogen-bond acceptors (Lipinski definition) is 4. The summed E-state index contributed by atoms with van der Waals surface area (Å²) in [5.41, 5.74) is 3.45. The van der Waals surface area contributed by atoms with Gasteiger partial charge in [-0.3, -0.25) is 0 Å². The van der Waals surface area contributed by atoms with Gasteiger partial charge in [-0.05, 0) is 47.5 Å². The van der Waals surface area contributed by atoms with E-state index in [2.05, 4.69) is 28.3 Å². The molecule has 0 fully saturated rings. The van der Waals surface area contributed by atoms with Crippen molar-refractivity contribution in [3.63, 3.8) is 0 Å². The van der Waals surface area contributed by atoms with Gasteiger partial charge in [0.05, 0.1) is 6.61 Å². The van der Waals surface area contributed by atoms with Crippen molar-refractivity contribution in [2.24, 2.45) is 0 Å². The van der Waals surface area contributed by atoms with Crippen LogP contribution in [0.3, 0.4) is 0 Å². The minimum atomic E-state index is 0.0583. The average molecular weight is 260 g/mol. The van der Waals surface area contributed by atoms with Crippen LogP contribution in [-0.2, 0) is 19.6 Å². The molecular formula is C14H16N2OS. The molecule has 0 amide bonds. The van der Waals surface area contributed by atoms with Gasteiger partial charge in [-0.1, -0.05) is 0 Å². The maximum absolute atomic E-state index is 9.11. The number of anilines is 1. The zero-order valence-corrected chi connectivity index (χ0v) is 11.2. The number of aryl methyl sites for hydroxylation is 1. The van der Waals surface area contributed by atoms with E-state index >= 15 is 0 Å². The summed E-state index contributed by atoms with van der Waals surface area (Å²) < 4.78 is 0. The van der Waals surface area contributed by atoms with E-state index in [-0.39, 0.29) is 6.61 Å². The Morgan fingerprint density at radius 2 is 2.39 bits per heavy atom. The predicted octanol–water partition coefficient (Wildman–Crippen LogP) is 2.51. The molecule has 4 heteroatoms. The van der Waals surface area contributed by atoms with Crippen molar-refractivity contribution in [3.8, 4) is 0 Å². The van der Waals surface area contributed by atoms with Gasteiger partial charge in [0.1, 0.15) is 5.82 Å². The Labute approximate surface area is 111 Å². The van der Waals surface area contributed by atoms with E-state index in [4.69, 9.17) is 5.11 Å². The van der Waals surface area contributed by atoms with Gasteiger partial charge in [-0.2, -0.15) is 0 Å². The minimum Gasteiger partial charge on any atom is -0.392 e. The van der Waals surface area contributed by atoms with Crippen LogP contribution in [0.5, 0.6) is 0 Å². The number of nitrogens with zero attached hydrogens (tertiary/aromatic N) is 2. The van der Waals surface area contributed by atoms with Gasteiger partial charge in [0.2, 0.25) is 0 Å². The first-order valence-corrected chi connectivity index (χ1v) is 7.02. The third-order valence-corrected chi connectivity index (χ3v) is 4.42. The second-order valence-electron chi connectivity index (χ2n) is 4.68. The Kier molecular flexibility index (Phi) is 3.06. The molecule has 0 aromatic carbocycles. The molecule has 3 nitrogen and oxygen atoms in total. The molecule has 0 saturated heterocycles.